The number of nitrogen functional groups attached to an aromatic ring is 1. The Balaban J connectivity index is 3.23. The molecule has 0 fully saturated rings. The topological polar surface area (TPSA) is 74.4 Å². The summed E-state index contributed by atoms with van der Waals surface area (Å²) in [4.78, 5) is 14.7. The first-order valence-electron chi connectivity index (χ1n) is 4.67. The molecule has 0 aromatic carbocycles. The Labute approximate surface area is 96.5 Å². The van der Waals surface area contributed by atoms with Gasteiger partial charge in [-0.1, -0.05) is 0 Å². The number of esters is 1. The van der Waals surface area contributed by atoms with Gasteiger partial charge >= 0.3 is 5.97 Å². The summed E-state index contributed by atoms with van der Waals surface area (Å²) in [5.41, 5.74) is 5.05. The highest BCUT2D eigenvalue weighted by Gasteiger charge is 2.23. The number of hydrogen-bond donors (Lipinski definition) is 1. The molecular weight excluding hydrogens is 234 g/mol. The SMILES string of the molecule is COC(=O)Cc1cnc(N)c(C(F)F)c1OC. The summed E-state index contributed by atoms with van der Waals surface area (Å²) in [6.45, 7) is 0. The smallest absolute Gasteiger partial charge is 0.310 e. The molecule has 0 saturated carbocycles. The predicted molar refractivity (Wildman–Crippen MR) is 55.9 cm³/mol. The fourth-order valence-corrected chi connectivity index (χ4v) is 1.37. The number of alkyl halides is 2. The minimum absolute atomic E-state index is 0.127. The summed E-state index contributed by atoms with van der Waals surface area (Å²) in [6.07, 6.45) is -1.81. The lowest BCUT2D eigenvalue weighted by Crippen LogP contribution is -2.10. The van der Waals surface area contributed by atoms with Gasteiger partial charge in [-0.3, -0.25) is 4.79 Å². The Bertz CT molecular complexity index is 424. The van der Waals surface area contributed by atoms with Crippen LogP contribution in [0.5, 0.6) is 5.75 Å². The van der Waals surface area contributed by atoms with Gasteiger partial charge in [0.1, 0.15) is 17.1 Å². The summed E-state index contributed by atoms with van der Waals surface area (Å²) < 4.78 is 34.8. The molecule has 1 heterocycles. The monoisotopic (exact) mass is 246 g/mol. The number of ether oxygens (including phenoxy) is 2. The number of halogens is 2. The Hall–Kier alpha value is -1.92. The first kappa shape index (κ1) is 13.1. The second kappa shape index (κ2) is 5.42. The summed E-state index contributed by atoms with van der Waals surface area (Å²) in [5, 5.41) is 0. The summed E-state index contributed by atoms with van der Waals surface area (Å²) in [7, 11) is 2.43. The van der Waals surface area contributed by atoms with Crippen molar-refractivity contribution in [3.05, 3.63) is 17.3 Å². The molecule has 0 aliphatic rings. The molecule has 0 spiro atoms. The molecule has 1 aromatic rings. The van der Waals surface area contributed by atoms with Crippen molar-refractivity contribution >= 4 is 11.8 Å². The van der Waals surface area contributed by atoms with Gasteiger partial charge in [0.05, 0.1) is 20.6 Å². The zero-order chi connectivity index (χ0) is 13.0. The van der Waals surface area contributed by atoms with Crippen LogP contribution < -0.4 is 10.5 Å². The molecule has 2 N–H and O–H groups in total. The first-order valence-corrected chi connectivity index (χ1v) is 4.67. The van der Waals surface area contributed by atoms with Gasteiger partial charge in [-0.15, -0.1) is 0 Å². The number of carbonyl (C=O) groups is 1. The largest absolute Gasteiger partial charge is 0.496 e. The van der Waals surface area contributed by atoms with Crippen LogP contribution in [-0.2, 0) is 16.0 Å². The van der Waals surface area contributed by atoms with E-state index in [9.17, 15) is 13.6 Å². The van der Waals surface area contributed by atoms with E-state index in [2.05, 4.69) is 9.72 Å². The van der Waals surface area contributed by atoms with E-state index in [0.717, 1.165) is 0 Å². The number of aromatic nitrogens is 1. The van der Waals surface area contributed by atoms with Gasteiger partial charge in [0.25, 0.3) is 6.43 Å². The zero-order valence-corrected chi connectivity index (χ0v) is 9.37. The maximum Gasteiger partial charge on any atom is 0.310 e. The summed E-state index contributed by atoms with van der Waals surface area (Å²) in [6, 6.07) is 0. The van der Waals surface area contributed by atoms with Gasteiger partial charge in [0.15, 0.2) is 0 Å². The quantitative estimate of drug-likeness (QED) is 0.811. The molecule has 5 nitrogen and oxygen atoms in total. The lowest BCUT2D eigenvalue weighted by Gasteiger charge is -2.13. The van der Waals surface area contributed by atoms with Crippen molar-refractivity contribution in [2.75, 3.05) is 20.0 Å². The van der Waals surface area contributed by atoms with E-state index < -0.39 is 18.0 Å². The normalized spacial score (nSPS) is 10.4. The Kier molecular flexibility index (Phi) is 4.19. The van der Waals surface area contributed by atoms with Gasteiger partial charge in [-0.05, 0) is 0 Å². The molecule has 17 heavy (non-hydrogen) atoms. The molecular formula is C10H12F2N2O3. The molecule has 0 radical (unpaired) electrons. The van der Waals surface area contributed by atoms with Crippen LogP contribution in [0.3, 0.4) is 0 Å². The van der Waals surface area contributed by atoms with E-state index in [0.29, 0.717) is 0 Å². The standard InChI is InChI=1S/C10H12F2N2O3/c1-16-6(15)3-5-4-14-10(13)7(9(11)12)8(5)17-2/h4,9H,3H2,1-2H3,(H2,13,14). The maximum absolute atomic E-state index is 12.8. The van der Waals surface area contributed by atoms with Crippen LogP contribution in [0, 0.1) is 0 Å². The van der Waals surface area contributed by atoms with Crippen LogP contribution in [0.2, 0.25) is 0 Å². The van der Waals surface area contributed by atoms with Gasteiger partial charge in [-0.2, -0.15) is 0 Å². The number of nitrogens with two attached hydrogens (primary N) is 1. The van der Waals surface area contributed by atoms with Gasteiger partial charge in [0.2, 0.25) is 0 Å². The number of pyridine rings is 1. The van der Waals surface area contributed by atoms with Crippen molar-refractivity contribution < 1.29 is 23.0 Å². The second-order valence-electron chi connectivity index (χ2n) is 3.17. The molecule has 94 valence electrons. The van der Waals surface area contributed by atoms with Gasteiger partial charge in [-0.25, -0.2) is 13.8 Å². The van der Waals surface area contributed by atoms with Crippen molar-refractivity contribution in [2.24, 2.45) is 0 Å². The highest BCUT2D eigenvalue weighted by Crippen LogP contribution is 2.35. The molecule has 0 aliphatic heterocycles. The average Bonchev–Trinajstić information content (AvgIpc) is 2.30. The first-order chi connectivity index (χ1) is 8.01. The van der Waals surface area contributed by atoms with E-state index >= 15 is 0 Å². The van der Waals surface area contributed by atoms with E-state index in [1.165, 1.54) is 20.4 Å². The molecule has 0 bridgehead atoms. The fourth-order valence-electron chi connectivity index (χ4n) is 1.37. The molecule has 0 saturated heterocycles. The zero-order valence-electron chi connectivity index (χ0n) is 9.37. The maximum atomic E-state index is 12.8. The number of rotatable bonds is 4. The highest BCUT2D eigenvalue weighted by molar-refractivity contribution is 5.74. The van der Waals surface area contributed by atoms with Gasteiger partial charge in [0, 0.05) is 11.8 Å². The fraction of sp³-hybridized carbons (Fsp3) is 0.400. The number of methoxy groups -OCH3 is 2. The van der Waals surface area contributed by atoms with Crippen LogP contribution in [-0.4, -0.2) is 25.2 Å². The van der Waals surface area contributed by atoms with Crippen LogP contribution in [0.15, 0.2) is 6.20 Å². The lowest BCUT2D eigenvalue weighted by molar-refractivity contribution is -0.139. The van der Waals surface area contributed by atoms with Crippen molar-refractivity contribution in [1.29, 1.82) is 0 Å². The van der Waals surface area contributed by atoms with Crippen LogP contribution in [0.4, 0.5) is 14.6 Å². The molecule has 0 unspecified atom stereocenters. The molecule has 0 atom stereocenters. The van der Waals surface area contributed by atoms with E-state index in [1.54, 1.807) is 0 Å². The third kappa shape index (κ3) is 2.80. The van der Waals surface area contributed by atoms with Crippen LogP contribution in [0.1, 0.15) is 17.6 Å². The molecule has 1 rings (SSSR count). The molecule has 0 amide bonds. The molecule has 0 aliphatic carbocycles. The molecule has 1 aromatic heterocycles. The van der Waals surface area contributed by atoms with E-state index in [4.69, 9.17) is 10.5 Å². The van der Waals surface area contributed by atoms with Crippen molar-refractivity contribution in [2.45, 2.75) is 12.8 Å². The van der Waals surface area contributed by atoms with E-state index in [1.807, 2.05) is 0 Å². The number of carbonyl (C=O) groups excluding carboxylic acids is 1. The number of hydrogen-bond acceptors (Lipinski definition) is 5. The lowest BCUT2D eigenvalue weighted by atomic mass is 10.1. The minimum Gasteiger partial charge on any atom is -0.496 e. The predicted octanol–water partition coefficient (Wildman–Crippen LogP) is 1.33. The van der Waals surface area contributed by atoms with Crippen molar-refractivity contribution in [3.63, 3.8) is 0 Å². The Morgan fingerprint density at radius 1 is 1.53 bits per heavy atom. The van der Waals surface area contributed by atoms with Crippen LogP contribution >= 0.6 is 0 Å². The third-order valence-electron chi connectivity index (χ3n) is 2.16. The second-order valence-corrected chi connectivity index (χ2v) is 3.17. The minimum atomic E-state index is -2.82. The number of nitrogens with zero attached hydrogens (tertiary/aromatic N) is 1. The molecule has 7 heteroatoms. The average molecular weight is 246 g/mol. The van der Waals surface area contributed by atoms with Crippen molar-refractivity contribution in [1.82, 2.24) is 4.98 Å². The third-order valence-corrected chi connectivity index (χ3v) is 2.16. The van der Waals surface area contributed by atoms with Gasteiger partial charge < -0.3 is 15.2 Å². The summed E-state index contributed by atoms with van der Waals surface area (Å²) in [5.74, 6) is -1.02. The summed E-state index contributed by atoms with van der Waals surface area (Å²) >= 11 is 0. The van der Waals surface area contributed by atoms with Crippen LogP contribution in [0.25, 0.3) is 0 Å². The highest BCUT2D eigenvalue weighted by atomic mass is 19.3. The van der Waals surface area contributed by atoms with Crippen molar-refractivity contribution in [3.8, 4) is 5.75 Å². The number of anilines is 1. The van der Waals surface area contributed by atoms with E-state index in [-0.39, 0.29) is 23.6 Å². The Morgan fingerprint density at radius 3 is 2.65 bits per heavy atom. The Morgan fingerprint density at radius 2 is 2.18 bits per heavy atom.